The number of amides is 2. The van der Waals surface area contributed by atoms with Gasteiger partial charge in [-0.1, -0.05) is 43.3 Å². The van der Waals surface area contributed by atoms with Crippen molar-refractivity contribution in [1.29, 1.82) is 0 Å². The Labute approximate surface area is 172 Å². The van der Waals surface area contributed by atoms with Crippen molar-refractivity contribution >= 4 is 11.8 Å². The fourth-order valence-corrected chi connectivity index (χ4v) is 5.35. The van der Waals surface area contributed by atoms with Crippen LogP contribution in [0.15, 0.2) is 48.5 Å². The molecule has 1 saturated heterocycles. The number of likely N-dealkylation sites (N-methyl/N-ethyl adjacent to an activating group) is 2. The zero-order valence-corrected chi connectivity index (χ0v) is 17.4. The monoisotopic (exact) mass is 391 g/mol. The molecule has 1 aliphatic heterocycles. The van der Waals surface area contributed by atoms with Gasteiger partial charge in [-0.25, -0.2) is 0 Å². The van der Waals surface area contributed by atoms with Crippen molar-refractivity contribution in [2.24, 2.45) is 5.73 Å². The average molecular weight is 392 g/mol. The van der Waals surface area contributed by atoms with Crippen molar-refractivity contribution in [1.82, 2.24) is 9.80 Å². The van der Waals surface area contributed by atoms with Crippen LogP contribution < -0.4 is 5.73 Å². The predicted octanol–water partition coefficient (Wildman–Crippen LogP) is 2.37. The Balaban J connectivity index is 1.71. The molecule has 0 aromatic heterocycles. The number of rotatable bonds is 4. The van der Waals surface area contributed by atoms with Gasteiger partial charge in [-0.05, 0) is 55.3 Å². The van der Waals surface area contributed by atoms with E-state index in [1.807, 2.05) is 60.5 Å². The summed E-state index contributed by atoms with van der Waals surface area (Å²) in [5.41, 5.74) is 9.34. The fourth-order valence-electron chi connectivity index (χ4n) is 5.35. The highest BCUT2D eigenvalue weighted by molar-refractivity contribution is 5.93. The van der Waals surface area contributed by atoms with E-state index in [1.165, 1.54) is 11.1 Å². The Kier molecular flexibility index (Phi) is 4.95. The van der Waals surface area contributed by atoms with E-state index in [1.54, 1.807) is 0 Å². The van der Waals surface area contributed by atoms with Crippen LogP contribution in [0, 0.1) is 0 Å². The maximum absolute atomic E-state index is 13.2. The summed E-state index contributed by atoms with van der Waals surface area (Å²) in [5.74, 6) is -0.279. The van der Waals surface area contributed by atoms with Gasteiger partial charge in [0.25, 0.3) is 0 Å². The third-order valence-electron chi connectivity index (χ3n) is 7.01. The molecular weight excluding hydrogens is 362 g/mol. The van der Waals surface area contributed by atoms with Crippen LogP contribution in [0.2, 0.25) is 0 Å². The largest absolute Gasteiger partial charge is 0.366 e. The number of fused-ring (bicyclic) bond motifs is 4. The molecule has 2 amide bonds. The molecule has 3 unspecified atom stereocenters. The first-order chi connectivity index (χ1) is 13.8. The lowest BCUT2D eigenvalue weighted by Crippen LogP contribution is -2.67. The quantitative estimate of drug-likeness (QED) is 0.870. The summed E-state index contributed by atoms with van der Waals surface area (Å²) in [6, 6.07) is 16.0. The molecule has 152 valence electrons. The molecule has 2 aromatic carbocycles. The highest BCUT2D eigenvalue weighted by atomic mass is 16.2. The van der Waals surface area contributed by atoms with Gasteiger partial charge in [-0.15, -0.1) is 0 Å². The van der Waals surface area contributed by atoms with E-state index < -0.39 is 5.91 Å². The zero-order valence-electron chi connectivity index (χ0n) is 17.4. The first-order valence-corrected chi connectivity index (χ1v) is 10.2. The van der Waals surface area contributed by atoms with Gasteiger partial charge in [0.05, 0.1) is 12.5 Å². The van der Waals surface area contributed by atoms with E-state index in [-0.39, 0.29) is 23.4 Å². The van der Waals surface area contributed by atoms with E-state index in [0.29, 0.717) is 12.0 Å². The van der Waals surface area contributed by atoms with Crippen LogP contribution in [0.5, 0.6) is 0 Å². The van der Waals surface area contributed by atoms with Crippen molar-refractivity contribution in [3.63, 3.8) is 0 Å². The Morgan fingerprint density at radius 3 is 2.62 bits per heavy atom. The lowest BCUT2D eigenvalue weighted by molar-refractivity contribution is -0.136. The van der Waals surface area contributed by atoms with Gasteiger partial charge in [0.15, 0.2) is 0 Å². The molecule has 0 radical (unpaired) electrons. The molecule has 1 aliphatic carbocycles. The van der Waals surface area contributed by atoms with Crippen LogP contribution in [0.3, 0.4) is 0 Å². The summed E-state index contributed by atoms with van der Waals surface area (Å²) in [6.07, 6.45) is 2.20. The summed E-state index contributed by atoms with van der Waals surface area (Å²) in [7, 11) is 4.08. The van der Waals surface area contributed by atoms with Crippen LogP contribution in [-0.2, 0) is 23.1 Å². The fraction of sp³-hybridized carbons (Fsp3) is 0.417. The van der Waals surface area contributed by atoms with Gasteiger partial charge in [0.2, 0.25) is 11.8 Å². The molecule has 5 nitrogen and oxygen atoms in total. The second-order valence-corrected chi connectivity index (χ2v) is 8.77. The zero-order chi connectivity index (χ0) is 20.8. The van der Waals surface area contributed by atoms with E-state index in [2.05, 4.69) is 18.9 Å². The van der Waals surface area contributed by atoms with Crippen molar-refractivity contribution in [3.05, 3.63) is 70.8 Å². The summed E-state index contributed by atoms with van der Waals surface area (Å²) in [5, 5.41) is 0. The number of carbonyl (C=O) groups is 2. The number of hydrogen-bond donors (Lipinski definition) is 1. The molecule has 4 rings (SSSR count). The van der Waals surface area contributed by atoms with Crippen molar-refractivity contribution < 1.29 is 9.59 Å². The van der Waals surface area contributed by atoms with Gasteiger partial charge in [0.1, 0.15) is 0 Å². The standard InChI is InChI=1S/C24H29N3O2/c1-24-11-12-26(2)20(15-17-9-10-18(23(25)29)14-19(17)24)22(24)27(3)21(28)13-16-7-5-4-6-8-16/h4-10,14,20,22H,11-13,15H2,1-3H3,(H2,25,29). The number of benzene rings is 2. The van der Waals surface area contributed by atoms with Crippen molar-refractivity contribution in [3.8, 4) is 0 Å². The average Bonchev–Trinajstić information content (AvgIpc) is 2.71. The maximum atomic E-state index is 13.2. The molecule has 1 heterocycles. The topological polar surface area (TPSA) is 66.6 Å². The summed E-state index contributed by atoms with van der Waals surface area (Å²) in [6.45, 7) is 3.21. The van der Waals surface area contributed by atoms with Crippen LogP contribution in [0.1, 0.15) is 40.4 Å². The summed E-state index contributed by atoms with van der Waals surface area (Å²) in [4.78, 5) is 29.3. The first-order valence-electron chi connectivity index (χ1n) is 10.2. The van der Waals surface area contributed by atoms with Crippen LogP contribution in [0.4, 0.5) is 0 Å². The van der Waals surface area contributed by atoms with E-state index in [4.69, 9.17) is 5.73 Å². The van der Waals surface area contributed by atoms with Gasteiger partial charge in [-0.3, -0.25) is 9.59 Å². The Morgan fingerprint density at radius 1 is 1.21 bits per heavy atom. The number of nitrogens with zero attached hydrogens (tertiary/aromatic N) is 2. The number of nitrogens with two attached hydrogens (primary N) is 1. The number of carbonyl (C=O) groups excluding carboxylic acids is 2. The summed E-state index contributed by atoms with van der Waals surface area (Å²) < 4.78 is 0. The number of hydrogen-bond acceptors (Lipinski definition) is 3. The van der Waals surface area contributed by atoms with Crippen LogP contribution in [-0.4, -0.2) is 54.3 Å². The lowest BCUT2D eigenvalue weighted by atomic mass is 9.61. The molecule has 29 heavy (non-hydrogen) atoms. The minimum Gasteiger partial charge on any atom is -0.366 e. The predicted molar refractivity (Wildman–Crippen MR) is 114 cm³/mol. The minimum atomic E-state index is -0.406. The van der Waals surface area contributed by atoms with E-state index in [9.17, 15) is 9.59 Å². The van der Waals surface area contributed by atoms with Gasteiger partial charge in [-0.2, -0.15) is 0 Å². The number of likely N-dealkylation sites (tertiary alicyclic amines) is 1. The third kappa shape index (κ3) is 3.33. The van der Waals surface area contributed by atoms with Crippen molar-refractivity contribution in [2.45, 2.75) is 43.7 Å². The van der Waals surface area contributed by atoms with Crippen LogP contribution in [0.25, 0.3) is 0 Å². The molecule has 0 spiro atoms. The highest BCUT2D eigenvalue weighted by Crippen LogP contribution is 2.46. The second-order valence-electron chi connectivity index (χ2n) is 8.77. The molecule has 1 fully saturated rings. The smallest absolute Gasteiger partial charge is 0.248 e. The highest BCUT2D eigenvalue weighted by Gasteiger charge is 2.52. The molecule has 2 aliphatic rings. The molecule has 0 saturated carbocycles. The molecule has 5 heteroatoms. The van der Waals surface area contributed by atoms with Crippen LogP contribution >= 0.6 is 0 Å². The van der Waals surface area contributed by atoms with Gasteiger partial charge < -0.3 is 15.5 Å². The Morgan fingerprint density at radius 2 is 1.93 bits per heavy atom. The number of primary amides is 1. The Hall–Kier alpha value is -2.66. The second kappa shape index (κ2) is 7.30. The SMILES string of the molecule is CN1CCC2(C)c3cc(C(N)=O)ccc3CC1C2N(C)C(=O)Cc1ccccc1. The van der Waals surface area contributed by atoms with E-state index in [0.717, 1.165) is 24.9 Å². The lowest BCUT2D eigenvalue weighted by Gasteiger charge is -2.57. The van der Waals surface area contributed by atoms with Crippen molar-refractivity contribution in [2.75, 3.05) is 20.6 Å². The minimum absolute atomic E-state index is 0.0492. The summed E-state index contributed by atoms with van der Waals surface area (Å²) >= 11 is 0. The first kappa shape index (κ1) is 19.6. The molecular formula is C24H29N3O2. The Bertz CT molecular complexity index is 942. The normalized spacial score (nSPS) is 25.9. The molecule has 2 bridgehead atoms. The third-order valence-corrected chi connectivity index (χ3v) is 7.01. The van der Waals surface area contributed by atoms with Gasteiger partial charge >= 0.3 is 0 Å². The van der Waals surface area contributed by atoms with Gasteiger partial charge in [0, 0.05) is 24.1 Å². The maximum Gasteiger partial charge on any atom is 0.248 e. The molecule has 2 N–H and O–H groups in total. The van der Waals surface area contributed by atoms with E-state index >= 15 is 0 Å². The number of piperidine rings is 1. The molecule has 2 aromatic rings. The molecule has 3 atom stereocenters.